The van der Waals surface area contributed by atoms with Crippen molar-refractivity contribution >= 4 is 26.0 Å². The van der Waals surface area contributed by atoms with Crippen LogP contribution in [0.3, 0.4) is 0 Å². The summed E-state index contributed by atoms with van der Waals surface area (Å²) in [6.45, 7) is 4.88. The third-order valence-corrected chi connectivity index (χ3v) is 7.78. The normalized spacial score (nSPS) is 16.0. The lowest BCUT2D eigenvalue weighted by Gasteiger charge is -2.31. The van der Waals surface area contributed by atoms with E-state index in [0.29, 0.717) is 88.9 Å². The molecule has 1 fully saturated rings. The second-order valence-electron chi connectivity index (χ2n) is 6.87. The fourth-order valence-corrected chi connectivity index (χ4v) is 5.71. The molecule has 0 atom stereocenters. The average Bonchev–Trinajstić information content (AvgIpc) is 2.78. The summed E-state index contributed by atoms with van der Waals surface area (Å²) in [5, 5.41) is 0. The Labute approximate surface area is 193 Å². The first kappa shape index (κ1) is 26.5. The minimum Gasteiger partial charge on any atom is -0.496 e. The third-order valence-electron chi connectivity index (χ3n) is 4.75. The number of sulfonamides is 1. The SMILES string of the molecule is COc1cccc(S(=O)(=O)N2CCC(OCCOCCOCCOCCN)CC2)c1Br. The summed E-state index contributed by atoms with van der Waals surface area (Å²) in [5.41, 5.74) is 5.32. The van der Waals surface area contributed by atoms with Gasteiger partial charge in [-0.1, -0.05) is 6.07 Å². The summed E-state index contributed by atoms with van der Waals surface area (Å²) < 4.78 is 55.0. The van der Waals surface area contributed by atoms with Gasteiger partial charge >= 0.3 is 0 Å². The molecule has 0 saturated carbocycles. The molecule has 11 heteroatoms. The number of methoxy groups -OCH3 is 1. The van der Waals surface area contributed by atoms with Crippen molar-refractivity contribution in [3.05, 3.63) is 22.7 Å². The second kappa shape index (κ2) is 14.4. The van der Waals surface area contributed by atoms with E-state index in [0.717, 1.165) is 0 Å². The van der Waals surface area contributed by atoms with Gasteiger partial charge in [0.25, 0.3) is 0 Å². The molecule has 2 N–H and O–H groups in total. The maximum Gasteiger partial charge on any atom is 0.244 e. The number of nitrogens with zero attached hydrogens (tertiary/aromatic N) is 1. The topological polar surface area (TPSA) is 110 Å². The summed E-state index contributed by atoms with van der Waals surface area (Å²) >= 11 is 3.35. The van der Waals surface area contributed by atoms with E-state index in [4.69, 9.17) is 29.4 Å². The zero-order valence-corrected chi connectivity index (χ0v) is 20.4. The quantitative estimate of drug-likeness (QED) is 0.345. The van der Waals surface area contributed by atoms with Crippen molar-refractivity contribution in [3.8, 4) is 5.75 Å². The van der Waals surface area contributed by atoms with Crippen molar-refractivity contribution in [2.75, 3.05) is 73.0 Å². The number of rotatable bonds is 15. The summed E-state index contributed by atoms with van der Waals surface area (Å²) in [6.07, 6.45) is 1.32. The Balaban J connectivity index is 1.61. The Bertz CT molecular complexity index is 743. The highest BCUT2D eigenvalue weighted by Gasteiger charge is 2.31. The molecule has 1 aliphatic rings. The molecular formula is C20H33BrN2O7S. The van der Waals surface area contributed by atoms with Gasteiger partial charge in [-0.15, -0.1) is 0 Å². The predicted octanol–water partition coefficient (Wildman–Crippen LogP) is 1.64. The van der Waals surface area contributed by atoms with Gasteiger partial charge in [-0.3, -0.25) is 0 Å². The van der Waals surface area contributed by atoms with E-state index in [2.05, 4.69) is 15.9 Å². The molecule has 178 valence electrons. The van der Waals surface area contributed by atoms with Crippen LogP contribution in [0.1, 0.15) is 12.8 Å². The fourth-order valence-electron chi connectivity index (χ4n) is 3.12. The fraction of sp³-hybridized carbons (Fsp3) is 0.700. The molecule has 2 rings (SSSR count). The van der Waals surface area contributed by atoms with E-state index in [9.17, 15) is 8.42 Å². The first-order valence-electron chi connectivity index (χ1n) is 10.4. The standard InChI is InChI=1S/C20H33BrN2O7S/c1-26-18-3-2-4-19(20(18)21)31(24,25)23-8-5-17(6-9-23)30-16-15-29-14-13-28-12-11-27-10-7-22/h2-4,17H,5-16,22H2,1H3. The first-order chi connectivity index (χ1) is 15.0. The second-order valence-corrected chi connectivity index (χ2v) is 9.57. The van der Waals surface area contributed by atoms with Crippen LogP contribution >= 0.6 is 15.9 Å². The van der Waals surface area contributed by atoms with Gasteiger partial charge in [0.2, 0.25) is 10.0 Å². The van der Waals surface area contributed by atoms with Crippen molar-refractivity contribution < 1.29 is 32.1 Å². The zero-order chi connectivity index (χ0) is 22.5. The molecule has 0 aromatic heterocycles. The smallest absolute Gasteiger partial charge is 0.244 e. The molecule has 0 bridgehead atoms. The Morgan fingerprint density at radius 1 is 1.00 bits per heavy atom. The van der Waals surface area contributed by atoms with Gasteiger partial charge in [-0.05, 0) is 40.9 Å². The minimum absolute atomic E-state index is 0.0275. The van der Waals surface area contributed by atoms with Crippen LogP contribution in [0, 0.1) is 0 Å². The molecular weight excluding hydrogens is 492 g/mol. The van der Waals surface area contributed by atoms with E-state index in [1.165, 1.54) is 11.4 Å². The Kier molecular flexibility index (Phi) is 12.3. The van der Waals surface area contributed by atoms with Gasteiger partial charge in [-0.2, -0.15) is 4.31 Å². The molecule has 1 aromatic carbocycles. The summed E-state index contributed by atoms with van der Waals surface area (Å²) in [7, 11) is -2.09. The van der Waals surface area contributed by atoms with Crippen molar-refractivity contribution in [2.24, 2.45) is 5.73 Å². The Morgan fingerprint density at radius 3 is 2.16 bits per heavy atom. The molecule has 0 unspecified atom stereocenters. The molecule has 1 heterocycles. The molecule has 0 amide bonds. The van der Waals surface area contributed by atoms with Gasteiger partial charge < -0.3 is 29.4 Å². The van der Waals surface area contributed by atoms with E-state index < -0.39 is 10.0 Å². The number of ether oxygens (including phenoxy) is 5. The van der Waals surface area contributed by atoms with Gasteiger partial charge in [0.15, 0.2) is 0 Å². The highest BCUT2D eigenvalue weighted by Crippen LogP contribution is 2.34. The molecule has 1 aliphatic heterocycles. The maximum atomic E-state index is 13.0. The van der Waals surface area contributed by atoms with E-state index >= 15 is 0 Å². The van der Waals surface area contributed by atoms with E-state index in [1.807, 2.05) is 0 Å². The minimum atomic E-state index is -3.60. The van der Waals surface area contributed by atoms with Crippen LogP contribution in [0.25, 0.3) is 0 Å². The summed E-state index contributed by atoms with van der Waals surface area (Å²) in [5.74, 6) is 0.490. The number of piperidine rings is 1. The lowest BCUT2D eigenvalue weighted by Crippen LogP contribution is -2.41. The van der Waals surface area contributed by atoms with Gasteiger partial charge in [0.05, 0.1) is 63.9 Å². The lowest BCUT2D eigenvalue weighted by molar-refractivity contribution is -0.0291. The van der Waals surface area contributed by atoms with Gasteiger partial charge in [0.1, 0.15) is 10.6 Å². The highest BCUT2D eigenvalue weighted by molar-refractivity contribution is 9.10. The number of hydrogen-bond acceptors (Lipinski definition) is 8. The van der Waals surface area contributed by atoms with Crippen molar-refractivity contribution in [3.63, 3.8) is 0 Å². The zero-order valence-electron chi connectivity index (χ0n) is 18.0. The lowest BCUT2D eigenvalue weighted by atomic mass is 10.1. The molecule has 9 nitrogen and oxygen atoms in total. The predicted molar refractivity (Wildman–Crippen MR) is 120 cm³/mol. The van der Waals surface area contributed by atoms with E-state index in [1.54, 1.807) is 18.2 Å². The van der Waals surface area contributed by atoms with Gasteiger partial charge in [0, 0.05) is 19.6 Å². The van der Waals surface area contributed by atoms with Crippen LogP contribution in [0.5, 0.6) is 5.75 Å². The third kappa shape index (κ3) is 8.58. The molecule has 1 aromatic rings. The largest absolute Gasteiger partial charge is 0.496 e. The number of benzene rings is 1. The van der Waals surface area contributed by atoms with Crippen LogP contribution in [0.15, 0.2) is 27.6 Å². The Morgan fingerprint density at radius 2 is 1.58 bits per heavy atom. The molecule has 0 spiro atoms. The van der Waals surface area contributed by atoms with Crippen molar-refractivity contribution in [1.29, 1.82) is 0 Å². The van der Waals surface area contributed by atoms with E-state index in [-0.39, 0.29) is 11.0 Å². The number of hydrogen-bond donors (Lipinski definition) is 1. The van der Waals surface area contributed by atoms with Crippen LogP contribution in [-0.4, -0.2) is 91.8 Å². The summed E-state index contributed by atoms with van der Waals surface area (Å²) in [6, 6.07) is 4.97. The molecule has 0 radical (unpaired) electrons. The number of nitrogens with two attached hydrogens (primary N) is 1. The first-order valence-corrected chi connectivity index (χ1v) is 12.6. The Hall–Kier alpha value is -0.790. The van der Waals surface area contributed by atoms with Crippen molar-refractivity contribution in [2.45, 2.75) is 23.8 Å². The van der Waals surface area contributed by atoms with Crippen LogP contribution in [0.4, 0.5) is 0 Å². The summed E-state index contributed by atoms with van der Waals surface area (Å²) in [4.78, 5) is 0.216. The average molecular weight is 525 g/mol. The maximum absolute atomic E-state index is 13.0. The van der Waals surface area contributed by atoms with Gasteiger partial charge in [-0.25, -0.2) is 8.42 Å². The molecule has 31 heavy (non-hydrogen) atoms. The molecule has 0 aliphatic carbocycles. The number of halogens is 1. The van der Waals surface area contributed by atoms with Crippen LogP contribution < -0.4 is 10.5 Å². The highest BCUT2D eigenvalue weighted by atomic mass is 79.9. The van der Waals surface area contributed by atoms with Crippen molar-refractivity contribution in [1.82, 2.24) is 4.31 Å². The molecule has 1 saturated heterocycles. The van der Waals surface area contributed by atoms with Crippen LogP contribution in [-0.2, 0) is 29.0 Å². The van der Waals surface area contributed by atoms with Crippen LogP contribution in [0.2, 0.25) is 0 Å². The monoisotopic (exact) mass is 524 g/mol.